The number of nitrogens with two attached hydrogens (primary N) is 2. The van der Waals surface area contributed by atoms with Gasteiger partial charge < -0.3 is 21.7 Å². The van der Waals surface area contributed by atoms with E-state index in [0.29, 0.717) is 11.5 Å². The third-order valence-electron chi connectivity index (χ3n) is 3.47. The van der Waals surface area contributed by atoms with Crippen molar-refractivity contribution in [3.8, 4) is 0 Å². The van der Waals surface area contributed by atoms with Crippen LogP contribution in [0.5, 0.6) is 0 Å². The van der Waals surface area contributed by atoms with Crippen molar-refractivity contribution in [2.75, 3.05) is 29.0 Å². The molecule has 1 fully saturated rings. The summed E-state index contributed by atoms with van der Waals surface area (Å²) in [5, 5.41) is 3.09. The van der Waals surface area contributed by atoms with Crippen molar-refractivity contribution in [2.24, 2.45) is 5.73 Å². The van der Waals surface area contributed by atoms with Crippen LogP contribution in [0.15, 0.2) is 24.3 Å². The molecule has 0 amide bonds. The quantitative estimate of drug-likeness (QED) is 0.801. The summed E-state index contributed by atoms with van der Waals surface area (Å²) in [6, 6.07) is 6.27. The monoisotopic (exact) mass is 322 g/mol. The Bertz CT molecular complexity index is 695. The molecular formula is C14H16ClFN6. The van der Waals surface area contributed by atoms with Gasteiger partial charge in [0, 0.05) is 30.9 Å². The van der Waals surface area contributed by atoms with E-state index in [4.69, 9.17) is 23.1 Å². The van der Waals surface area contributed by atoms with E-state index in [1.807, 2.05) is 0 Å². The summed E-state index contributed by atoms with van der Waals surface area (Å²) in [4.78, 5) is 10.4. The molecule has 0 aliphatic carbocycles. The van der Waals surface area contributed by atoms with Crippen LogP contribution in [0.2, 0.25) is 5.02 Å². The number of aromatic nitrogens is 2. The van der Waals surface area contributed by atoms with Crippen molar-refractivity contribution in [1.82, 2.24) is 9.97 Å². The van der Waals surface area contributed by atoms with Crippen LogP contribution in [0.1, 0.15) is 6.42 Å². The summed E-state index contributed by atoms with van der Waals surface area (Å²) in [6.07, 6.45) is 0.917. The topological polar surface area (TPSA) is 93.1 Å². The molecule has 22 heavy (non-hydrogen) atoms. The van der Waals surface area contributed by atoms with Crippen molar-refractivity contribution < 1.29 is 4.39 Å². The molecule has 0 bridgehead atoms. The fraction of sp³-hybridized carbons (Fsp3) is 0.286. The number of nitrogen functional groups attached to an aromatic ring is 1. The molecule has 1 aliphatic rings. The van der Waals surface area contributed by atoms with Crippen LogP contribution in [0.3, 0.4) is 0 Å². The summed E-state index contributed by atoms with van der Waals surface area (Å²) in [5.41, 5.74) is 12.3. The predicted octanol–water partition coefficient (Wildman–Crippen LogP) is 2.13. The molecule has 1 saturated heterocycles. The second-order valence-electron chi connectivity index (χ2n) is 5.22. The highest BCUT2D eigenvalue weighted by molar-refractivity contribution is 6.31. The van der Waals surface area contributed by atoms with E-state index in [-0.39, 0.29) is 17.0 Å². The number of anilines is 4. The molecule has 0 radical (unpaired) electrons. The van der Waals surface area contributed by atoms with Crippen molar-refractivity contribution >= 4 is 34.9 Å². The maximum atomic E-state index is 13.2. The maximum absolute atomic E-state index is 13.2. The first-order valence-electron chi connectivity index (χ1n) is 6.88. The smallest absolute Gasteiger partial charge is 0.223 e. The van der Waals surface area contributed by atoms with Crippen molar-refractivity contribution in [1.29, 1.82) is 0 Å². The van der Waals surface area contributed by atoms with Crippen LogP contribution >= 0.6 is 11.6 Å². The largest absolute Gasteiger partial charge is 0.368 e. The van der Waals surface area contributed by atoms with Crippen molar-refractivity contribution in [3.05, 3.63) is 35.1 Å². The Balaban J connectivity index is 1.84. The van der Waals surface area contributed by atoms with Gasteiger partial charge in [0.15, 0.2) is 0 Å². The molecule has 1 aliphatic heterocycles. The lowest BCUT2D eigenvalue weighted by atomic mass is 10.3. The highest BCUT2D eigenvalue weighted by atomic mass is 35.5. The van der Waals surface area contributed by atoms with E-state index in [0.717, 1.165) is 25.3 Å². The number of halogens is 2. The van der Waals surface area contributed by atoms with Gasteiger partial charge in [-0.15, -0.1) is 0 Å². The molecule has 0 spiro atoms. The van der Waals surface area contributed by atoms with Gasteiger partial charge in [-0.05, 0) is 24.6 Å². The fourth-order valence-electron chi connectivity index (χ4n) is 2.40. The third-order valence-corrected chi connectivity index (χ3v) is 3.76. The second-order valence-corrected chi connectivity index (χ2v) is 5.63. The Kier molecular flexibility index (Phi) is 4.00. The molecule has 0 unspecified atom stereocenters. The molecule has 6 nitrogen and oxygen atoms in total. The minimum atomic E-state index is -0.471. The normalized spacial score (nSPS) is 17.8. The first-order valence-corrected chi connectivity index (χ1v) is 7.26. The lowest BCUT2D eigenvalue weighted by molar-refractivity contribution is 0.628. The Labute approximate surface area is 132 Å². The molecule has 1 aromatic carbocycles. The zero-order valence-electron chi connectivity index (χ0n) is 11.8. The minimum Gasteiger partial charge on any atom is -0.368 e. The van der Waals surface area contributed by atoms with Gasteiger partial charge in [-0.1, -0.05) is 11.6 Å². The Morgan fingerprint density at radius 1 is 1.32 bits per heavy atom. The number of hydrogen-bond donors (Lipinski definition) is 3. The highest BCUT2D eigenvalue weighted by Crippen LogP contribution is 2.25. The van der Waals surface area contributed by atoms with Crippen LogP contribution in [0.25, 0.3) is 0 Å². The molecule has 116 valence electrons. The first kappa shape index (κ1) is 14.8. The summed E-state index contributed by atoms with van der Waals surface area (Å²) in [6.45, 7) is 1.57. The van der Waals surface area contributed by atoms with Crippen molar-refractivity contribution in [3.63, 3.8) is 0 Å². The van der Waals surface area contributed by atoms with E-state index in [1.54, 1.807) is 12.1 Å². The average Bonchev–Trinajstić information content (AvgIpc) is 2.89. The lowest BCUT2D eigenvalue weighted by Gasteiger charge is -2.18. The number of nitrogens with zero attached hydrogens (tertiary/aromatic N) is 3. The van der Waals surface area contributed by atoms with E-state index < -0.39 is 5.82 Å². The van der Waals surface area contributed by atoms with Crippen LogP contribution in [0, 0.1) is 5.82 Å². The summed E-state index contributed by atoms with van der Waals surface area (Å²) in [5.74, 6) is 0.927. The molecule has 2 aromatic rings. The molecule has 5 N–H and O–H groups in total. The molecule has 2 heterocycles. The van der Waals surface area contributed by atoms with Gasteiger partial charge in [-0.25, -0.2) is 4.39 Å². The van der Waals surface area contributed by atoms with Crippen molar-refractivity contribution in [2.45, 2.75) is 12.5 Å². The van der Waals surface area contributed by atoms with E-state index in [1.165, 1.54) is 12.1 Å². The number of benzene rings is 1. The molecule has 0 saturated carbocycles. The van der Waals surface area contributed by atoms with Crippen LogP contribution in [-0.4, -0.2) is 29.1 Å². The van der Waals surface area contributed by atoms with E-state index in [9.17, 15) is 4.39 Å². The Morgan fingerprint density at radius 3 is 2.82 bits per heavy atom. The zero-order chi connectivity index (χ0) is 15.7. The molecule has 1 atom stereocenters. The summed E-state index contributed by atoms with van der Waals surface area (Å²) < 4.78 is 13.2. The van der Waals surface area contributed by atoms with E-state index in [2.05, 4.69) is 20.2 Å². The van der Waals surface area contributed by atoms with Crippen LogP contribution < -0.4 is 21.7 Å². The Morgan fingerprint density at radius 2 is 2.14 bits per heavy atom. The first-order chi connectivity index (χ1) is 10.5. The number of nitrogens with one attached hydrogen (secondary N) is 1. The second kappa shape index (κ2) is 5.94. The number of rotatable bonds is 3. The van der Waals surface area contributed by atoms with Gasteiger partial charge in [0.1, 0.15) is 17.5 Å². The van der Waals surface area contributed by atoms with E-state index >= 15 is 0 Å². The SMILES string of the molecule is Nc1nc(Nc2ccc(F)c(Cl)c2)cc(N2CC[C@@H](N)C2)n1. The van der Waals surface area contributed by atoms with Gasteiger partial charge in [0.2, 0.25) is 5.95 Å². The lowest BCUT2D eigenvalue weighted by Crippen LogP contribution is -2.27. The standard InChI is InChI=1S/C14H16ClFN6/c15-10-5-9(1-2-11(10)16)19-12-6-13(21-14(18)20-12)22-4-3-8(17)7-22/h1-2,5-6,8H,3-4,7,17H2,(H3,18,19,20,21)/t8-/m1/s1. The van der Waals surface area contributed by atoms with Gasteiger partial charge in [-0.2, -0.15) is 9.97 Å². The van der Waals surface area contributed by atoms with Gasteiger partial charge in [0.25, 0.3) is 0 Å². The summed E-state index contributed by atoms with van der Waals surface area (Å²) in [7, 11) is 0. The average molecular weight is 323 g/mol. The maximum Gasteiger partial charge on any atom is 0.223 e. The molecule has 8 heteroatoms. The number of hydrogen-bond acceptors (Lipinski definition) is 6. The third kappa shape index (κ3) is 3.20. The van der Waals surface area contributed by atoms with Crippen LogP contribution in [0.4, 0.5) is 27.7 Å². The highest BCUT2D eigenvalue weighted by Gasteiger charge is 2.21. The molecule has 1 aromatic heterocycles. The zero-order valence-corrected chi connectivity index (χ0v) is 12.5. The molecule has 3 rings (SSSR count). The Hall–Kier alpha value is -2.12. The van der Waals surface area contributed by atoms with Crippen LogP contribution in [-0.2, 0) is 0 Å². The minimum absolute atomic E-state index is 0.0396. The summed E-state index contributed by atoms with van der Waals surface area (Å²) >= 11 is 5.77. The predicted molar refractivity (Wildman–Crippen MR) is 85.9 cm³/mol. The van der Waals surface area contributed by atoms with Gasteiger partial charge >= 0.3 is 0 Å². The van der Waals surface area contributed by atoms with Gasteiger partial charge in [0.05, 0.1) is 5.02 Å². The fourth-order valence-corrected chi connectivity index (χ4v) is 2.58. The molecular weight excluding hydrogens is 307 g/mol. The van der Waals surface area contributed by atoms with Gasteiger partial charge in [-0.3, -0.25) is 0 Å².